The lowest BCUT2D eigenvalue weighted by atomic mass is 10.1. The third-order valence-electron chi connectivity index (χ3n) is 8.20. The van der Waals surface area contributed by atoms with E-state index in [1.54, 1.807) is 6.07 Å². The minimum atomic E-state index is -0.763. The number of hydrogen-bond donors (Lipinski definition) is 8. The Balaban J connectivity index is 1.32. The Morgan fingerprint density at radius 2 is 0.700 bits per heavy atom. The van der Waals surface area contributed by atoms with Crippen molar-refractivity contribution in [3.05, 3.63) is 95.1 Å². The van der Waals surface area contributed by atoms with Crippen LogP contribution in [0.4, 0.5) is 22.7 Å². The molecule has 60 heavy (non-hydrogen) atoms. The summed E-state index contributed by atoms with van der Waals surface area (Å²) < 4.78 is 20.9. The smallest absolute Gasteiger partial charge is 0.255 e. The Bertz CT molecular complexity index is 2330. The number of primary amides is 1. The minimum Gasteiger partial charge on any atom is -0.496 e. The lowest BCUT2D eigenvalue weighted by molar-refractivity contribution is -0.116. The molecule has 4 aromatic rings. The summed E-state index contributed by atoms with van der Waals surface area (Å²) >= 11 is 0. The van der Waals surface area contributed by atoms with Crippen LogP contribution in [-0.2, 0) is 19.2 Å². The van der Waals surface area contributed by atoms with Crippen LogP contribution in [0.15, 0.2) is 72.8 Å². The quantitative estimate of drug-likeness (QED) is 0.0714. The van der Waals surface area contributed by atoms with Crippen molar-refractivity contribution in [3.8, 4) is 23.0 Å². The first-order chi connectivity index (χ1) is 28.6. The van der Waals surface area contributed by atoms with E-state index in [0.29, 0.717) is 5.69 Å². The molecule has 0 spiro atoms. The number of methoxy groups -OCH3 is 4. The summed E-state index contributed by atoms with van der Waals surface area (Å²) in [6, 6.07) is 17.1. The summed E-state index contributed by atoms with van der Waals surface area (Å²) in [5, 5.41) is 17.7. The van der Waals surface area contributed by atoms with E-state index in [2.05, 4.69) is 37.2 Å². The fourth-order valence-corrected chi connectivity index (χ4v) is 5.45. The number of rotatable bonds is 18. The molecule has 0 aliphatic heterocycles. The molecule has 0 aliphatic rings. The van der Waals surface area contributed by atoms with Gasteiger partial charge in [0.15, 0.2) is 0 Å². The van der Waals surface area contributed by atoms with Crippen molar-refractivity contribution in [2.75, 3.05) is 69.3 Å². The van der Waals surface area contributed by atoms with Crippen LogP contribution in [0.3, 0.4) is 0 Å². The van der Waals surface area contributed by atoms with E-state index >= 15 is 0 Å². The monoisotopic (exact) mass is 826 g/mol. The maximum absolute atomic E-state index is 13.2. The van der Waals surface area contributed by atoms with E-state index in [-0.39, 0.29) is 68.2 Å². The molecule has 4 aromatic carbocycles. The first-order valence-electron chi connectivity index (χ1n) is 17.7. The van der Waals surface area contributed by atoms with Crippen LogP contribution in [0.1, 0.15) is 48.4 Å². The Morgan fingerprint density at radius 1 is 0.433 bits per heavy atom. The molecule has 20 nitrogen and oxygen atoms in total. The largest absolute Gasteiger partial charge is 0.496 e. The van der Waals surface area contributed by atoms with Crippen molar-refractivity contribution in [2.24, 2.45) is 5.73 Å². The molecule has 0 unspecified atom stereocenters. The van der Waals surface area contributed by atoms with E-state index in [1.807, 2.05) is 0 Å². The average molecular weight is 827 g/mol. The van der Waals surface area contributed by atoms with Crippen LogP contribution < -0.4 is 61.9 Å². The molecule has 0 bridgehead atoms. The molecular formula is C40H42N8O12. The number of anilines is 4. The lowest BCUT2D eigenvalue weighted by Crippen LogP contribution is -2.34. The first-order valence-corrected chi connectivity index (χ1v) is 17.7. The highest BCUT2D eigenvalue weighted by atomic mass is 16.5. The van der Waals surface area contributed by atoms with E-state index in [9.17, 15) is 38.4 Å². The van der Waals surface area contributed by atoms with Crippen molar-refractivity contribution in [1.82, 2.24) is 16.0 Å². The van der Waals surface area contributed by atoms with Gasteiger partial charge in [0.2, 0.25) is 23.6 Å². The lowest BCUT2D eigenvalue weighted by Gasteiger charge is -2.14. The second kappa shape index (κ2) is 20.8. The van der Waals surface area contributed by atoms with Crippen LogP contribution in [-0.4, -0.2) is 95.3 Å². The van der Waals surface area contributed by atoms with Gasteiger partial charge in [0.25, 0.3) is 23.6 Å². The summed E-state index contributed by atoms with van der Waals surface area (Å²) in [6.07, 6.45) is 0. The minimum absolute atomic E-state index is 0.0216. The van der Waals surface area contributed by atoms with Gasteiger partial charge < -0.3 is 61.9 Å². The van der Waals surface area contributed by atoms with Crippen LogP contribution in [0.25, 0.3) is 0 Å². The number of carbonyl (C=O) groups is 8. The third-order valence-corrected chi connectivity index (χ3v) is 8.20. The van der Waals surface area contributed by atoms with Gasteiger partial charge in [-0.1, -0.05) is 0 Å². The highest BCUT2D eigenvalue weighted by Crippen LogP contribution is 2.26. The summed E-state index contributed by atoms with van der Waals surface area (Å²) in [6.45, 7) is -0.140. The molecule has 8 amide bonds. The topological polar surface area (TPSA) is 284 Å². The molecule has 0 fully saturated rings. The Kier molecular flexibility index (Phi) is 15.5. The predicted octanol–water partition coefficient (Wildman–Crippen LogP) is 1.88. The highest BCUT2D eigenvalue weighted by molar-refractivity contribution is 6.06. The Labute approximate surface area is 342 Å². The number of hydrogen-bond acceptors (Lipinski definition) is 12. The molecule has 314 valence electrons. The molecule has 0 atom stereocenters. The van der Waals surface area contributed by atoms with Crippen molar-refractivity contribution in [3.63, 3.8) is 0 Å². The molecule has 0 saturated carbocycles. The zero-order valence-corrected chi connectivity index (χ0v) is 33.0. The van der Waals surface area contributed by atoms with Gasteiger partial charge in [-0.2, -0.15) is 0 Å². The van der Waals surface area contributed by atoms with Crippen LogP contribution in [0, 0.1) is 0 Å². The van der Waals surface area contributed by atoms with Gasteiger partial charge in [-0.05, 0) is 72.8 Å². The fraction of sp³-hybridized carbons (Fsp3) is 0.200. The van der Waals surface area contributed by atoms with E-state index < -0.39 is 61.0 Å². The van der Waals surface area contributed by atoms with Crippen LogP contribution >= 0.6 is 0 Å². The molecule has 4 rings (SSSR count). The number of nitrogens with one attached hydrogen (secondary N) is 7. The van der Waals surface area contributed by atoms with Gasteiger partial charge >= 0.3 is 0 Å². The second-order valence-electron chi connectivity index (χ2n) is 12.4. The van der Waals surface area contributed by atoms with Crippen molar-refractivity contribution < 1.29 is 57.3 Å². The van der Waals surface area contributed by atoms with Gasteiger partial charge in [-0.3, -0.25) is 38.4 Å². The molecule has 0 aromatic heterocycles. The molecule has 0 saturated heterocycles. The molecule has 0 heterocycles. The number of amides is 8. The van der Waals surface area contributed by atoms with Crippen LogP contribution in [0.5, 0.6) is 23.0 Å². The number of benzene rings is 4. The zero-order valence-electron chi connectivity index (χ0n) is 33.0. The number of carbonyl (C=O) groups excluding carboxylic acids is 8. The van der Waals surface area contributed by atoms with E-state index in [4.69, 9.17) is 24.7 Å². The zero-order chi connectivity index (χ0) is 43.9. The fourth-order valence-electron chi connectivity index (χ4n) is 5.45. The van der Waals surface area contributed by atoms with E-state index in [0.717, 1.165) is 0 Å². The molecule has 0 aliphatic carbocycles. The average Bonchev–Trinajstić information content (AvgIpc) is 3.23. The second-order valence-corrected chi connectivity index (χ2v) is 12.4. The van der Waals surface area contributed by atoms with Crippen molar-refractivity contribution >= 4 is 70.0 Å². The van der Waals surface area contributed by atoms with Crippen molar-refractivity contribution in [2.45, 2.75) is 6.92 Å². The molecule has 9 N–H and O–H groups in total. The molecular weight excluding hydrogens is 784 g/mol. The summed E-state index contributed by atoms with van der Waals surface area (Å²) in [4.78, 5) is 101. The normalized spacial score (nSPS) is 10.2. The maximum Gasteiger partial charge on any atom is 0.255 e. The maximum atomic E-state index is 13.2. The molecule has 20 heteroatoms. The summed E-state index contributed by atoms with van der Waals surface area (Å²) in [5.41, 5.74) is 6.37. The standard InChI is InChI=1S/C40H42N8O12/c1-21(49)45-22-6-11-31(58-3)27(15-22)38(54)42-19-35(51)47-24-8-13-33(60-5)29(17-24)40(56)44-20-36(52)48-25-9-12-32(59-4)28(16-25)39(55)43-18-34(50)46-23-7-10-30(57-2)26(14-23)37(41)53/h6-17H,18-20H2,1-5H3,(H2,41,53)(H,42,54)(H,43,55)(H,44,56)(H,45,49)(H,46,50)(H,47,51)(H,48,52). The predicted molar refractivity (Wildman–Crippen MR) is 218 cm³/mol. The summed E-state index contributed by atoms with van der Waals surface area (Å²) in [7, 11) is 5.38. The number of nitrogens with two attached hydrogens (primary N) is 1. The van der Waals surface area contributed by atoms with Gasteiger partial charge in [-0.15, -0.1) is 0 Å². The Morgan fingerprint density at radius 3 is 0.967 bits per heavy atom. The van der Waals surface area contributed by atoms with E-state index in [1.165, 1.54) is 102 Å². The third kappa shape index (κ3) is 12.2. The highest BCUT2D eigenvalue weighted by Gasteiger charge is 2.20. The van der Waals surface area contributed by atoms with Gasteiger partial charge in [0.05, 0.1) is 70.3 Å². The Hall–Kier alpha value is -8.16. The van der Waals surface area contributed by atoms with Gasteiger partial charge in [0, 0.05) is 29.7 Å². The molecule has 0 radical (unpaired) electrons. The van der Waals surface area contributed by atoms with Crippen LogP contribution in [0.2, 0.25) is 0 Å². The SMILES string of the molecule is COc1ccc(NC(=O)CNC(=O)c2cc(NC(=O)CNC(=O)c3cc(NC(=O)CNC(=O)c4cc(NC(C)=O)ccc4OC)ccc3OC)ccc2OC)cc1C(N)=O. The van der Waals surface area contributed by atoms with Crippen molar-refractivity contribution in [1.29, 1.82) is 0 Å². The first kappa shape index (κ1) is 44.6. The number of ether oxygens (including phenoxy) is 4. The van der Waals surface area contributed by atoms with Gasteiger partial charge in [0.1, 0.15) is 23.0 Å². The van der Waals surface area contributed by atoms with Gasteiger partial charge in [-0.25, -0.2) is 0 Å². The summed E-state index contributed by atoms with van der Waals surface area (Å²) in [5.74, 6) is -4.43.